The highest BCUT2D eigenvalue weighted by Gasteiger charge is 2.18. The predicted molar refractivity (Wildman–Crippen MR) is 125 cm³/mol. The third-order valence-electron chi connectivity index (χ3n) is 4.79. The van der Waals surface area contributed by atoms with Crippen LogP contribution in [-0.2, 0) is 26.1 Å². The largest absolute Gasteiger partial charge is 0.456 e. The van der Waals surface area contributed by atoms with E-state index in [2.05, 4.69) is 4.72 Å². The SMILES string of the molecule is Cc1cc(C(=O)COC(=O)CNS(=O)(=O)C=Cc2ccccc2)c(C)n1Cc1cccs1. The van der Waals surface area contributed by atoms with E-state index in [0.29, 0.717) is 17.7 Å². The predicted octanol–water partition coefficient (Wildman–Crippen LogP) is 3.53. The summed E-state index contributed by atoms with van der Waals surface area (Å²) in [6.45, 7) is 3.42. The fourth-order valence-corrected chi connectivity index (χ4v) is 4.54. The van der Waals surface area contributed by atoms with Crippen LogP contribution in [0.4, 0.5) is 0 Å². The van der Waals surface area contributed by atoms with Gasteiger partial charge in [-0.05, 0) is 43.0 Å². The van der Waals surface area contributed by atoms with Crippen molar-refractivity contribution in [3.8, 4) is 0 Å². The molecule has 0 aliphatic carbocycles. The highest BCUT2D eigenvalue weighted by molar-refractivity contribution is 7.92. The van der Waals surface area contributed by atoms with Gasteiger partial charge in [0.25, 0.3) is 0 Å². The molecule has 0 amide bonds. The molecule has 0 saturated heterocycles. The first kappa shape index (κ1) is 23.6. The highest BCUT2D eigenvalue weighted by Crippen LogP contribution is 2.19. The van der Waals surface area contributed by atoms with Gasteiger partial charge in [-0.1, -0.05) is 36.4 Å². The molecule has 3 aromatic rings. The van der Waals surface area contributed by atoms with E-state index < -0.39 is 29.1 Å². The molecular weight excluding hydrogens is 448 g/mol. The van der Waals surface area contributed by atoms with Gasteiger partial charge in [0.05, 0.1) is 6.54 Å². The molecule has 0 spiro atoms. The van der Waals surface area contributed by atoms with Gasteiger partial charge in [-0.3, -0.25) is 9.59 Å². The summed E-state index contributed by atoms with van der Waals surface area (Å²) in [5.74, 6) is -1.17. The number of carbonyl (C=O) groups excluding carboxylic acids is 2. The Labute approximate surface area is 191 Å². The van der Waals surface area contributed by atoms with Crippen LogP contribution in [0.15, 0.2) is 59.3 Å². The molecule has 0 radical (unpaired) electrons. The van der Waals surface area contributed by atoms with Crippen LogP contribution in [0.25, 0.3) is 6.08 Å². The number of carbonyl (C=O) groups is 2. The van der Waals surface area contributed by atoms with Gasteiger partial charge in [0.1, 0.15) is 6.54 Å². The minimum absolute atomic E-state index is 0.337. The lowest BCUT2D eigenvalue weighted by molar-refractivity contribution is -0.141. The maximum Gasteiger partial charge on any atom is 0.321 e. The molecule has 32 heavy (non-hydrogen) atoms. The number of ether oxygens (including phenoxy) is 1. The molecule has 0 unspecified atom stereocenters. The number of aromatic nitrogens is 1. The van der Waals surface area contributed by atoms with Crippen LogP contribution in [0.3, 0.4) is 0 Å². The number of hydrogen-bond acceptors (Lipinski definition) is 6. The van der Waals surface area contributed by atoms with Crippen molar-refractivity contribution < 1.29 is 22.7 Å². The van der Waals surface area contributed by atoms with Gasteiger partial charge in [-0.2, -0.15) is 0 Å². The van der Waals surface area contributed by atoms with Crippen LogP contribution in [0.2, 0.25) is 0 Å². The van der Waals surface area contributed by atoms with Crippen molar-refractivity contribution in [2.75, 3.05) is 13.2 Å². The first-order valence-electron chi connectivity index (χ1n) is 9.86. The van der Waals surface area contributed by atoms with Crippen molar-refractivity contribution in [2.24, 2.45) is 0 Å². The molecule has 1 aromatic carbocycles. The van der Waals surface area contributed by atoms with E-state index in [4.69, 9.17) is 4.74 Å². The first-order chi connectivity index (χ1) is 15.2. The number of hydrogen-bond donors (Lipinski definition) is 1. The summed E-state index contributed by atoms with van der Waals surface area (Å²) < 4.78 is 33.2. The molecule has 168 valence electrons. The standard InChI is InChI=1S/C23H24N2O5S2/c1-17-13-21(18(2)25(17)15-20-9-6-11-31-20)22(26)16-30-23(27)14-24-32(28,29)12-10-19-7-4-3-5-8-19/h3-13,24H,14-16H2,1-2H3. The average molecular weight is 473 g/mol. The van der Waals surface area contributed by atoms with E-state index in [1.54, 1.807) is 41.7 Å². The topological polar surface area (TPSA) is 94.5 Å². The van der Waals surface area contributed by atoms with E-state index in [1.165, 1.54) is 11.0 Å². The molecule has 0 saturated carbocycles. The second-order valence-electron chi connectivity index (χ2n) is 7.11. The van der Waals surface area contributed by atoms with Crippen LogP contribution in [0.5, 0.6) is 0 Å². The van der Waals surface area contributed by atoms with Crippen LogP contribution in [0, 0.1) is 13.8 Å². The smallest absolute Gasteiger partial charge is 0.321 e. The Morgan fingerprint density at radius 1 is 1.12 bits per heavy atom. The number of nitrogens with one attached hydrogen (secondary N) is 1. The third kappa shape index (κ3) is 6.49. The maximum absolute atomic E-state index is 12.6. The zero-order valence-corrected chi connectivity index (χ0v) is 19.4. The van der Waals surface area contributed by atoms with Crippen LogP contribution in [0.1, 0.15) is 32.2 Å². The van der Waals surface area contributed by atoms with Crippen LogP contribution >= 0.6 is 11.3 Å². The zero-order valence-electron chi connectivity index (χ0n) is 17.8. The summed E-state index contributed by atoms with van der Waals surface area (Å²) in [6, 6.07) is 14.7. The lowest BCUT2D eigenvalue weighted by Crippen LogP contribution is -2.30. The van der Waals surface area contributed by atoms with Gasteiger partial charge < -0.3 is 9.30 Å². The van der Waals surface area contributed by atoms with Crippen LogP contribution in [-0.4, -0.2) is 37.9 Å². The summed E-state index contributed by atoms with van der Waals surface area (Å²) in [6.07, 6.45) is 1.42. The van der Waals surface area contributed by atoms with Crippen molar-refractivity contribution in [3.05, 3.63) is 86.7 Å². The minimum atomic E-state index is -3.82. The summed E-state index contributed by atoms with van der Waals surface area (Å²) in [4.78, 5) is 25.7. The molecule has 0 aliphatic heterocycles. The van der Waals surface area contributed by atoms with Crippen LogP contribution < -0.4 is 4.72 Å². The lowest BCUT2D eigenvalue weighted by Gasteiger charge is -2.08. The summed E-state index contributed by atoms with van der Waals surface area (Å²) in [5.41, 5.74) is 2.92. The number of nitrogens with zero attached hydrogens (tertiary/aromatic N) is 1. The number of rotatable bonds is 10. The molecule has 2 aromatic heterocycles. The lowest BCUT2D eigenvalue weighted by atomic mass is 10.1. The first-order valence-corrected chi connectivity index (χ1v) is 12.3. The zero-order chi connectivity index (χ0) is 23.1. The van der Waals surface area contributed by atoms with Gasteiger partial charge in [-0.25, -0.2) is 13.1 Å². The van der Waals surface area contributed by atoms with Gasteiger partial charge >= 0.3 is 5.97 Å². The van der Waals surface area contributed by atoms with Gasteiger partial charge in [0.2, 0.25) is 15.8 Å². The van der Waals surface area contributed by atoms with E-state index in [0.717, 1.165) is 16.8 Å². The Morgan fingerprint density at radius 3 is 2.56 bits per heavy atom. The molecule has 3 rings (SSSR count). The monoisotopic (exact) mass is 472 g/mol. The van der Waals surface area contributed by atoms with Crippen molar-refractivity contribution in [2.45, 2.75) is 20.4 Å². The Hall–Kier alpha value is -3.01. The molecule has 0 aliphatic rings. The quantitative estimate of drug-likeness (QED) is 0.360. The van der Waals surface area contributed by atoms with Gasteiger partial charge in [-0.15, -0.1) is 11.3 Å². The molecule has 9 heteroatoms. The summed E-state index contributed by atoms with van der Waals surface area (Å²) in [7, 11) is -3.82. The molecule has 2 heterocycles. The Bertz CT molecular complexity index is 1210. The van der Waals surface area contributed by atoms with Crippen molar-refractivity contribution in [1.82, 2.24) is 9.29 Å². The highest BCUT2D eigenvalue weighted by atomic mass is 32.2. The number of ketones is 1. The second kappa shape index (κ2) is 10.5. The van der Waals surface area contributed by atoms with Crippen molar-refractivity contribution in [3.63, 3.8) is 0 Å². The molecule has 0 atom stereocenters. The number of thiophene rings is 1. The van der Waals surface area contributed by atoms with E-state index in [1.807, 2.05) is 42.0 Å². The molecule has 7 nitrogen and oxygen atoms in total. The number of sulfonamides is 1. The Morgan fingerprint density at radius 2 is 1.88 bits per heavy atom. The summed E-state index contributed by atoms with van der Waals surface area (Å²) >= 11 is 1.64. The molecule has 0 fully saturated rings. The van der Waals surface area contributed by atoms with Gasteiger partial charge in [0, 0.05) is 27.2 Å². The van der Waals surface area contributed by atoms with E-state index in [-0.39, 0.29) is 5.78 Å². The fraction of sp³-hybridized carbons (Fsp3) is 0.217. The fourth-order valence-electron chi connectivity index (χ4n) is 3.10. The Balaban J connectivity index is 1.51. The number of Topliss-reactive ketones (excluding diaryl/α,β-unsaturated/α-hetero) is 1. The number of benzene rings is 1. The maximum atomic E-state index is 12.6. The average Bonchev–Trinajstić information content (AvgIpc) is 3.39. The number of esters is 1. The number of aryl methyl sites for hydroxylation is 1. The Kier molecular flexibility index (Phi) is 7.79. The minimum Gasteiger partial charge on any atom is -0.456 e. The van der Waals surface area contributed by atoms with E-state index >= 15 is 0 Å². The van der Waals surface area contributed by atoms with E-state index in [9.17, 15) is 18.0 Å². The molecule has 0 bridgehead atoms. The van der Waals surface area contributed by atoms with Crippen molar-refractivity contribution >= 4 is 39.2 Å². The van der Waals surface area contributed by atoms with Gasteiger partial charge in [0.15, 0.2) is 6.61 Å². The third-order valence-corrected chi connectivity index (χ3v) is 6.69. The normalized spacial score (nSPS) is 11.7. The molecular formula is C23H24N2O5S2. The second-order valence-corrected chi connectivity index (χ2v) is 9.80. The molecule has 1 N–H and O–H groups in total. The van der Waals surface area contributed by atoms with Crippen molar-refractivity contribution in [1.29, 1.82) is 0 Å². The summed E-state index contributed by atoms with van der Waals surface area (Å²) in [5, 5.41) is 2.98.